The van der Waals surface area contributed by atoms with E-state index < -0.39 is 0 Å². The minimum atomic E-state index is -0.388. The van der Waals surface area contributed by atoms with E-state index in [0.717, 1.165) is 11.4 Å². The van der Waals surface area contributed by atoms with Gasteiger partial charge in [0.2, 0.25) is 0 Å². The molecule has 0 radical (unpaired) electrons. The van der Waals surface area contributed by atoms with Crippen molar-refractivity contribution in [1.82, 2.24) is 9.97 Å². The third kappa shape index (κ3) is 2.97. The maximum absolute atomic E-state index is 13.1. The molecule has 5 heteroatoms. The van der Waals surface area contributed by atoms with Crippen molar-refractivity contribution >= 4 is 11.6 Å². The van der Waals surface area contributed by atoms with E-state index in [2.05, 4.69) is 15.3 Å². The Morgan fingerprint density at radius 3 is 2.62 bits per heavy atom. The van der Waals surface area contributed by atoms with E-state index in [4.69, 9.17) is 0 Å². The molecule has 1 aromatic heterocycles. The molecule has 0 spiro atoms. The van der Waals surface area contributed by atoms with Crippen molar-refractivity contribution in [2.24, 2.45) is 0 Å². The molecule has 1 heterocycles. The van der Waals surface area contributed by atoms with Crippen LogP contribution in [-0.4, -0.2) is 15.9 Å². The molecule has 0 atom stereocenters. The monoisotopic (exact) mass is 281 g/mol. The van der Waals surface area contributed by atoms with Crippen LogP contribution >= 0.6 is 0 Å². The molecule has 104 valence electrons. The van der Waals surface area contributed by atoms with Gasteiger partial charge in [0.15, 0.2) is 0 Å². The number of aromatic amines is 1. The number of imidazole rings is 1. The second-order valence-electron chi connectivity index (χ2n) is 4.48. The van der Waals surface area contributed by atoms with E-state index in [-0.39, 0.29) is 11.7 Å². The van der Waals surface area contributed by atoms with Gasteiger partial charge in [0.1, 0.15) is 11.6 Å². The molecule has 0 saturated heterocycles. The number of aromatic nitrogens is 2. The minimum absolute atomic E-state index is 0.286. The third-order valence-electron chi connectivity index (χ3n) is 3.00. The number of rotatable bonds is 3. The van der Waals surface area contributed by atoms with Crippen LogP contribution in [0.3, 0.4) is 0 Å². The Hall–Kier alpha value is -2.95. The number of hydrogen-bond acceptors (Lipinski definition) is 2. The molecule has 4 nitrogen and oxygen atoms in total. The fourth-order valence-corrected chi connectivity index (χ4v) is 1.97. The van der Waals surface area contributed by atoms with Crippen LogP contribution in [0.2, 0.25) is 0 Å². The van der Waals surface area contributed by atoms with Crippen molar-refractivity contribution < 1.29 is 9.18 Å². The molecule has 0 bridgehead atoms. The molecular formula is C16H12FN3O. The molecule has 2 aromatic carbocycles. The van der Waals surface area contributed by atoms with Gasteiger partial charge in [-0.3, -0.25) is 4.79 Å². The first kappa shape index (κ1) is 13.1. The highest BCUT2D eigenvalue weighted by Crippen LogP contribution is 2.16. The number of carbonyl (C=O) groups is 1. The average Bonchev–Trinajstić information content (AvgIpc) is 3.01. The first-order valence-electron chi connectivity index (χ1n) is 6.39. The lowest BCUT2D eigenvalue weighted by molar-refractivity contribution is 0.102. The first-order chi connectivity index (χ1) is 10.2. The number of benzene rings is 2. The zero-order valence-electron chi connectivity index (χ0n) is 11.0. The van der Waals surface area contributed by atoms with E-state index in [9.17, 15) is 9.18 Å². The largest absolute Gasteiger partial charge is 0.345 e. The topological polar surface area (TPSA) is 57.8 Å². The molecular weight excluding hydrogens is 269 g/mol. The van der Waals surface area contributed by atoms with Gasteiger partial charge in [0.25, 0.3) is 5.91 Å². The van der Waals surface area contributed by atoms with Gasteiger partial charge >= 0.3 is 0 Å². The molecule has 2 N–H and O–H groups in total. The average molecular weight is 281 g/mol. The number of H-pyrrole nitrogens is 1. The Bertz CT molecular complexity index is 751. The van der Waals surface area contributed by atoms with Crippen molar-refractivity contribution in [1.29, 1.82) is 0 Å². The summed E-state index contributed by atoms with van der Waals surface area (Å²) in [6.45, 7) is 0. The van der Waals surface area contributed by atoms with Gasteiger partial charge in [-0.25, -0.2) is 9.37 Å². The lowest BCUT2D eigenvalue weighted by atomic mass is 10.1. The van der Waals surface area contributed by atoms with Crippen LogP contribution in [-0.2, 0) is 0 Å². The molecule has 0 aliphatic carbocycles. The molecule has 21 heavy (non-hydrogen) atoms. The number of amides is 1. The Labute approximate surface area is 120 Å². The van der Waals surface area contributed by atoms with Crippen molar-refractivity contribution in [2.45, 2.75) is 0 Å². The van der Waals surface area contributed by atoms with Crippen LogP contribution in [0.15, 0.2) is 60.9 Å². The fraction of sp³-hybridized carbons (Fsp3) is 0. The summed E-state index contributed by atoms with van der Waals surface area (Å²) < 4.78 is 13.1. The predicted molar refractivity (Wildman–Crippen MR) is 78.4 cm³/mol. The summed E-state index contributed by atoms with van der Waals surface area (Å²) in [5, 5.41) is 2.65. The van der Waals surface area contributed by atoms with E-state index in [1.54, 1.807) is 48.8 Å². The SMILES string of the molecule is O=C(Nc1cccc(F)c1)c1ccc(-c2ncc[nH]2)cc1. The van der Waals surface area contributed by atoms with E-state index >= 15 is 0 Å². The Kier molecular flexibility index (Phi) is 3.47. The molecule has 1 amide bonds. The van der Waals surface area contributed by atoms with Crippen LogP contribution < -0.4 is 5.32 Å². The number of halogens is 1. The molecule has 3 rings (SSSR count). The predicted octanol–water partition coefficient (Wildman–Crippen LogP) is 3.47. The molecule has 0 aliphatic rings. The quantitative estimate of drug-likeness (QED) is 0.772. The zero-order chi connectivity index (χ0) is 14.7. The standard InChI is InChI=1S/C16H12FN3O/c17-13-2-1-3-14(10-13)20-16(21)12-6-4-11(5-7-12)15-18-8-9-19-15/h1-10H,(H,18,19)(H,20,21). The smallest absolute Gasteiger partial charge is 0.255 e. The minimum Gasteiger partial charge on any atom is -0.345 e. The lowest BCUT2D eigenvalue weighted by Crippen LogP contribution is -2.11. The molecule has 0 aliphatic heterocycles. The number of anilines is 1. The summed E-state index contributed by atoms with van der Waals surface area (Å²) in [4.78, 5) is 19.2. The summed E-state index contributed by atoms with van der Waals surface area (Å²) in [6, 6.07) is 12.8. The maximum Gasteiger partial charge on any atom is 0.255 e. The van der Waals surface area contributed by atoms with Gasteiger partial charge in [0, 0.05) is 29.2 Å². The van der Waals surface area contributed by atoms with Crippen molar-refractivity contribution in [3.63, 3.8) is 0 Å². The number of hydrogen-bond donors (Lipinski definition) is 2. The number of nitrogens with zero attached hydrogens (tertiary/aromatic N) is 1. The number of nitrogens with one attached hydrogen (secondary N) is 2. The fourth-order valence-electron chi connectivity index (χ4n) is 1.97. The summed E-state index contributed by atoms with van der Waals surface area (Å²) in [5.74, 6) is 0.0691. The molecule has 3 aromatic rings. The highest BCUT2D eigenvalue weighted by molar-refractivity contribution is 6.04. The Morgan fingerprint density at radius 2 is 1.95 bits per heavy atom. The summed E-state index contributed by atoms with van der Waals surface area (Å²) in [6.07, 6.45) is 3.40. The van der Waals surface area contributed by atoms with Crippen molar-refractivity contribution in [3.8, 4) is 11.4 Å². The van der Waals surface area contributed by atoms with Crippen LogP contribution in [0.1, 0.15) is 10.4 Å². The van der Waals surface area contributed by atoms with Gasteiger partial charge in [-0.05, 0) is 30.3 Å². The lowest BCUT2D eigenvalue weighted by Gasteiger charge is -2.06. The van der Waals surface area contributed by atoms with Gasteiger partial charge in [-0.2, -0.15) is 0 Å². The second-order valence-corrected chi connectivity index (χ2v) is 4.48. The molecule has 0 saturated carbocycles. The summed E-state index contributed by atoms with van der Waals surface area (Å²) in [5.41, 5.74) is 1.81. The molecule has 0 fully saturated rings. The Balaban J connectivity index is 1.76. The van der Waals surface area contributed by atoms with E-state index in [1.807, 2.05) is 0 Å². The van der Waals surface area contributed by atoms with Gasteiger partial charge in [-0.1, -0.05) is 18.2 Å². The summed E-state index contributed by atoms with van der Waals surface area (Å²) in [7, 11) is 0. The van der Waals surface area contributed by atoms with Gasteiger partial charge in [-0.15, -0.1) is 0 Å². The van der Waals surface area contributed by atoms with Gasteiger partial charge < -0.3 is 10.3 Å². The van der Waals surface area contributed by atoms with E-state index in [1.165, 1.54) is 12.1 Å². The van der Waals surface area contributed by atoms with Crippen molar-refractivity contribution in [2.75, 3.05) is 5.32 Å². The van der Waals surface area contributed by atoms with Gasteiger partial charge in [0.05, 0.1) is 0 Å². The van der Waals surface area contributed by atoms with Crippen LogP contribution in [0.5, 0.6) is 0 Å². The van der Waals surface area contributed by atoms with Crippen LogP contribution in [0.25, 0.3) is 11.4 Å². The van der Waals surface area contributed by atoms with Crippen LogP contribution in [0, 0.1) is 5.82 Å². The van der Waals surface area contributed by atoms with Crippen molar-refractivity contribution in [3.05, 3.63) is 72.3 Å². The first-order valence-corrected chi connectivity index (χ1v) is 6.39. The number of carbonyl (C=O) groups excluding carboxylic acids is 1. The summed E-state index contributed by atoms with van der Waals surface area (Å²) >= 11 is 0. The maximum atomic E-state index is 13.1. The second kappa shape index (κ2) is 5.58. The van der Waals surface area contributed by atoms with E-state index in [0.29, 0.717) is 11.3 Å². The normalized spacial score (nSPS) is 10.3. The van der Waals surface area contributed by atoms with Crippen LogP contribution in [0.4, 0.5) is 10.1 Å². The Morgan fingerprint density at radius 1 is 1.14 bits per heavy atom. The molecule has 0 unspecified atom stereocenters. The highest BCUT2D eigenvalue weighted by Gasteiger charge is 2.07. The zero-order valence-corrected chi connectivity index (χ0v) is 11.0. The third-order valence-corrected chi connectivity index (χ3v) is 3.00. The highest BCUT2D eigenvalue weighted by atomic mass is 19.1.